The van der Waals surface area contributed by atoms with E-state index in [9.17, 15) is 4.39 Å². The third kappa shape index (κ3) is 2.48. The first-order valence-electron chi connectivity index (χ1n) is 6.84. The predicted molar refractivity (Wildman–Crippen MR) is 75.7 cm³/mol. The Hall–Kier alpha value is -1.09. The molecule has 1 aliphatic carbocycles. The van der Waals surface area contributed by atoms with Crippen LogP contribution in [0.1, 0.15) is 33.3 Å². The average Bonchev–Trinajstić information content (AvgIpc) is 2.73. The van der Waals surface area contributed by atoms with Gasteiger partial charge in [-0.25, -0.2) is 4.39 Å². The monoisotopic (exact) mass is 265 g/mol. The number of ether oxygens (including phenoxy) is 1. The molecular formula is C16H24FNO. The quantitative estimate of drug-likeness (QED) is 0.878. The molecule has 0 heterocycles. The number of nitrogens with one attached hydrogen (secondary N) is 1. The van der Waals surface area contributed by atoms with Crippen LogP contribution in [-0.2, 0) is 6.54 Å². The van der Waals surface area contributed by atoms with Crippen LogP contribution in [0.15, 0.2) is 18.2 Å². The Kier molecular flexibility index (Phi) is 3.61. The van der Waals surface area contributed by atoms with Crippen LogP contribution in [0, 0.1) is 22.6 Å². The molecular weight excluding hydrogens is 241 g/mol. The Balaban J connectivity index is 1.87. The van der Waals surface area contributed by atoms with Crippen LogP contribution in [0.4, 0.5) is 4.39 Å². The number of hydrogen-bond acceptors (Lipinski definition) is 2. The summed E-state index contributed by atoms with van der Waals surface area (Å²) in [6.07, 6.45) is 0. The maximum Gasteiger partial charge on any atom is 0.131 e. The van der Waals surface area contributed by atoms with Crippen molar-refractivity contribution >= 4 is 0 Å². The number of halogens is 1. The summed E-state index contributed by atoms with van der Waals surface area (Å²) in [4.78, 5) is 0. The van der Waals surface area contributed by atoms with Gasteiger partial charge in [0.15, 0.2) is 0 Å². The predicted octanol–water partition coefficient (Wildman–Crippen LogP) is 3.61. The van der Waals surface area contributed by atoms with E-state index in [1.165, 1.54) is 6.07 Å². The van der Waals surface area contributed by atoms with Gasteiger partial charge in [-0.2, -0.15) is 0 Å². The summed E-state index contributed by atoms with van der Waals surface area (Å²) < 4.78 is 18.8. The number of benzene rings is 1. The average molecular weight is 265 g/mol. The van der Waals surface area contributed by atoms with Crippen molar-refractivity contribution in [2.75, 3.05) is 13.7 Å². The molecule has 0 aliphatic heterocycles. The fourth-order valence-electron chi connectivity index (χ4n) is 2.99. The molecule has 106 valence electrons. The number of methoxy groups -OCH3 is 1. The Labute approximate surface area is 115 Å². The zero-order valence-electron chi connectivity index (χ0n) is 12.5. The SMILES string of the molecule is COc1ccc(CNCC2C(C)(C)C2(C)C)c(F)c1. The van der Waals surface area contributed by atoms with Crippen LogP contribution in [0.25, 0.3) is 0 Å². The highest BCUT2D eigenvalue weighted by Gasteiger charge is 2.63. The minimum atomic E-state index is -0.207. The van der Waals surface area contributed by atoms with Gasteiger partial charge < -0.3 is 10.1 Å². The van der Waals surface area contributed by atoms with Gasteiger partial charge in [-0.05, 0) is 29.4 Å². The summed E-state index contributed by atoms with van der Waals surface area (Å²) in [5, 5.41) is 3.37. The van der Waals surface area contributed by atoms with E-state index in [4.69, 9.17) is 4.74 Å². The van der Waals surface area contributed by atoms with Gasteiger partial charge in [0.1, 0.15) is 11.6 Å². The van der Waals surface area contributed by atoms with E-state index in [-0.39, 0.29) is 5.82 Å². The lowest BCUT2D eigenvalue weighted by Crippen LogP contribution is -2.19. The van der Waals surface area contributed by atoms with E-state index < -0.39 is 0 Å². The molecule has 0 amide bonds. The van der Waals surface area contributed by atoms with E-state index in [1.807, 2.05) is 0 Å². The van der Waals surface area contributed by atoms with Crippen LogP contribution < -0.4 is 10.1 Å². The molecule has 1 aliphatic rings. The van der Waals surface area contributed by atoms with Crippen molar-refractivity contribution in [2.45, 2.75) is 34.2 Å². The van der Waals surface area contributed by atoms with E-state index in [1.54, 1.807) is 19.2 Å². The Morgan fingerprint density at radius 2 is 1.84 bits per heavy atom. The van der Waals surface area contributed by atoms with Crippen LogP contribution in [0.5, 0.6) is 5.75 Å². The second-order valence-electron chi connectivity index (χ2n) is 6.58. The molecule has 0 aromatic heterocycles. The summed E-state index contributed by atoms with van der Waals surface area (Å²) in [6.45, 7) is 10.7. The zero-order chi connectivity index (χ0) is 14.3. The first-order chi connectivity index (χ1) is 8.80. The van der Waals surface area contributed by atoms with Gasteiger partial charge >= 0.3 is 0 Å². The highest BCUT2D eigenvalue weighted by molar-refractivity contribution is 5.28. The van der Waals surface area contributed by atoms with Gasteiger partial charge in [0, 0.05) is 18.2 Å². The Morgan fingerprint density at radius 3 is 2.32 bits per heavy atom. The van der Waals surface area contributed by atoms with Gasteiger partial charge in [-0.1, -0.05) is 33.8 Å². The molecule has 1 aromatic rings. The Bertz CT molecular complexity index is 454. The lowest BCUT2D eigenvalue weighted by Gasteiger charge is -2.08. The summed E-state index contributed by atoms with van der Waals surface area (Å²) in [5.41, 5.74) is 1.44. The second kappa shape index (κ2) is 4.78. The van der Waals surface area contributed by atoms with Crippen LogP contribution in [-0.4, -0.2) is 13.7 Å². The molecule has 1 saturated carbocycles. The second-order valence-corrected chi connectivity index (χ2v) is 6.58. The lowest BCUT2D eigenvalue weighted by atomic mass is 10.0. The van der Waals surface area contributed by atoms with Crippen molar-refractivity contribution < 1.29 is 9.13 Å². The van der Waals surface area contributed by atoms with Gasteiger partial charge in [0.05, 0.1) is 7.11 Å². The molecule has 0 atom stereocenters. The molecule has 0 unspecified atom stereocenters. The van der Waals surface area contributed by atoms with E-state index >= 15 is 0 Å². The van der Waals surface area contributed by atoms with E-state index in [0.29, 0.717) is 34.6 Å². The molecule has 0 bridgehead atoms. The molecule has 2 nitrogen and oxygen atoms in total. The Morgan fingerprint density at radius 1 is 1.21 bits per heavy atom. The first kappa shape index (κ1) is 14.3. The molecule has 0 radical (unpaired) electrons. The third-order valence-electron chi connectivity index (χ3n) is 5.24. The zero-order valence-corrected chi connectivity index (χ0v) is 12.5. The number of rotatable bonds is 5. The maximum atomic E-state index is 13.8. The third-order valence-corrected chi connectivity index (χ3v) is 5.24. The summed E-state index contributed by atoms with van der Waals surface area (Å²) in [5.74, 6) is 1.01. The molecule has 0 spiro atoms. The summed E-state index contributed by atoms with van der Waals surface area (Å²) in [6, 6.07) is 5.01. The van der Waals surface area contributed by atoms with Crippen molar-refractivity contribution in [1.82, 2.24) is 5.32 Å². The molecule has 1 N–H and O–H groups in total. The lowest BCUT2D eigenvalue weighted by molar-refractivity contribution is 0.410. The van der Waals surface area contributed by atoms with Crippen LogP contribution in [0.2, 0.25) is 0 Å². The highest BCUT2D eigenvalue weighted by atomic mass is 19.1. The minimum Gasteiger partial charge on any atom is -0.497 e. The maximum absolute atomic E-state index is 13.8. The first-order valence-corrected chi connectivity index (χ1v) is 6.84. The molecule has 3 heteroatoms. The molecule has 2 rings (SSSR count). The van der Waals surface area contributed by atoms with E-state index in [0.717, 1.165) is 6.54 Å². The van der Waals surface area contributed by atoms with Crippen LogP contribution >= 0.6 is 0 Å². The molecule has 1 fully saturated rings. The van der Waals surface area contributed by atoms with Crippen LogP contribution in [0.3, 0.4) is 0 Å². The fourth-order valence-corrected chi connectivity index (χ4v) is 2.99. The summed E-state index contributed by atoms with van der Waals surface area (Å²) in [7, 11) is 1.55. The molecule has 1 aromatic carbocycles. The van der Waals surface area contributed by atoms with E-state index in [2.05, 4.69) is 33.0 Å². The topological polar surface area (TPSA) is 21.3 Å². The summed E-state index contributed by atoms with van der Waals surface area (Å²) >= 11 is 0. The fraction of sp³-hybridized carbons (Fsp3) is 0.625. The van der Waals surface area contributed by atoms with Gasteiger partial charge in [0.25, 0.3) is 0 Å². The minimum absolute atomic E-state index is 0.207. The van der Waals surface area contributed by atoms with Crippen molar-refractivity contribution in [1.29, 1.82) is 0 Å². The smallest absolute Gasteiger partial charge is 0.131 e. The largest absolute Gasteiger partial charge is 0.497 e. The highest BCUT2D eigenvalue weighted by Crippen LogP contribution is 2.67. The number of hydrogen-bond donors (Lipinski definition) is 1. The van der Waals surface area contributed by atoms with Gasteiger partial charge in [0.2, 0.25) is 0 Å². The van der Waals surface area contributed by atoms with Crippen molar-refractivity contribution in [3.8, 4) is 5.75 Å². The normalized spacial score (nSPS) is 20.3. The van der Waals surface area contributed by atoms with Crippen molar-refractivity contribution in [2.24, 2.45) is 16.7 Å². The standard InChI is InChI=1S/C16H24FNO/c1-15(2)14(16(15,3)4)10-18-9-11-6-7-12(19-5)8-13(11)17/h6-8,14,18H,9-10H2,1-5H3. The van der Waals surface area contributed by atoms with Crippen molar-refractivity contribution in [3.63, 3.8) is 0 Å². The molecule has 19 heavy (non-hydrogen) atoms. The van der Waals surface area contributed by atoms with Gasteiger partial charge in [-0.15, -0.1) is 0 Å². The molecule has 0 saturated heterocycles. The van der Waals surface area contributed by atoms with Gasteiger partial charge in [-0.3, -0.25) is 0 Å². The van der Waals surface area contributed by atoms with Crippen molar-refractivity contribution in [3.05, 3.63) is 29.6 Å².